The van der Waals surface area contributed by atoms with Crippen LogP contribution in [0, 0.1) is 0 Å². The molecule has 0 atom stereocenters. The van der Waals surface area contributed by atoms with Gasteiger partial charge in [0.05, 0.1) is 12.7 Å². The number of hydrogen-bond donors (Lipinski definition) is 0. The standard InChI is InChI=1S/C9H10N4O3/c1-15-6-9-2-7(11-16-9)3-13-4-8(5-14)10-12-13/h2,4-5H,3,6H2,1H3. The summed E-state index contributed by atoms with van der Waals surface area (Å²) in [6.07, 6.45) is 2.18. The first-order valence-corrected chi connectivity index (χ1v) is 4.60. The molecule has 0 aromatic carbocycles. The van der Waals surface area contributed by atoms with Crippen molar-refractivity contribution < 1.29 is 14.1 Å². The molecule has 0 amide bonds. The molecule has 0 aliphatic carbocycles. The normalized spacial score (nSPS) is 10.6. The fourth-order valence-electron chi connectivity index (χ4n) is 1.25. The van der Waals surface area contributed by atoms with Crippen LogP contribution in [0.15, 0.2) is 16.8 Å². The number of aromatic nitrogens is 4. The molecule has 0 aliphatic heterocycles. The van der Waals surface area contributed by atoms with Crippen LogP contribution in [0.5, 0.6) is 0 Å². The number of methoxy groups -OCH3 is 1. The highest BCUT2D eigenvalue weighted by molar-refractivity contribution is 5.70. The zero-order chi connectivity index (χ0) is 11.4. The first kappa shape index (κ1) is 10.5. The minimum atomic E-state index is 0.292. The molecule has 0 N–H and O–H groups in total. The average molecular weight is 222 g/mol. The SMILES string of the molecule is COCc1cc(Cn2cc(C=O)nn2)no1. The summed E-state index contributed by atoms with van der Waals surface area (Å²) in [5.41, 5.74) is 0.995. The lowest BCUT2D eigenvalue weighted by Gasteiger charge is -1.92. The van der Waals surface area contributed by atoms with Gasteiger partial charge in [0.25, 0.3) is 0 Å². The van der Waals surface area contributed by atoms with Crippen LogP contribution in [-0.4, -0.2) is 33.5 Å². The molecule has 16 heavy (non-hydrogen) atoms. The van der Waals surface area contributed by atoms with Crippen molar-refractivity contribution in [1.29, 1.82) is 0 Å². The molecule has 0 saturated carbocycles. The lowest BCUT2D eigenvalue weighted by molar-refractivity contribution is 0.111. The maximum Gasteiger partial charge on any atom is 0.171 e. The summed E-state index contributed by atoms with van der Waals surface area (Å²) in [7, 11) is 1.58. The minimum absolute atomic E-state index is 0.292. The third-order valence-electron chi connectivity index (χ3n) is 1.90. The molecule has 84 valence electrons. The summed E-state index contributed by atoms with van der Waals surface area (Å²) in [6.45, 7) is 0.790. The van der Waals surface area contributed by atoms with Crippen LogP contribution in [0.2, 0.25) is 0 Å². The van der Waals surface area contributed by atoms with E-state index in [1.165, 1.54) is 10.9 Å². The molecule has 2 aromatic heterocycles. The zero-order valence-electron chi connectivity index (χ0n) is 8.66. The number of carbonyl (C=O) groups excluding carboxylic acids is 1. The van der Waals surface area contributed by atoms with E-state index in [-0.39, 0.29) is 0 Å². The predicted octanol–water partition coefficient (Wildman–Crippen LogP) is 0.273. The minimum Gasteiger partial charge on any atom is -0.377 e. The van der Waals surface area contributed by atoms with Crippen molar-refractivity contribution in [3.8, 4) is 0 Å². The quantitative estimate of drug-likeness (QED) is 0.675. The third-order valence-corrected chi connectivity index (χ3v) is 1.90. The summed E-state index contributed by atoms with van der Waals surface area (Å²) in [6, 6.07) is 1.77. The van der Waals surface area contributed by atoms with E-state index in [1.807, 2.05) is 0 Å². The fraction of sp³-hybridized carbons (Fsp3) is 0.333. The van der Waals surface area contributed by atoms with Gasteiger partial charge in [-0.15, -0.1) is 5.10 Å². The Kier molecular flexibility index (Phi) is 3.06. The summed E-state index contributed by atoms with van der Waals surface area (Å²) < 4.78 is 11.4. The second kappa shape index (κ2) is 4.67. The van der Waals surface area contributed by atoms with E-state index in [9.17, 15) is 4.79 Å². The number of hydrogen-bond acceptors (Lipinski definition) is 6. The van der Waals surface area contributed by atoms with E-state index < -0.39 is 0 Å². The molecule has 7 nitrogen and oxygen atoms in total. The van der Waals surface area contributed by atoms with Crippen molar-refractivity contribution in [3.63, 3.8) is 0 Å². The molecule has 0 fully saturated rings. The van der Waals surface area contributed by atoms with Crippen molar-refractivity contribution >= 4 is 6.29 Å². The first-order chi connectivity index (χ1) is 7.81. The Hall–Kier alpha value is -2.02. The van der Waals surface area contributed by atoms with Crippen molar-refractivity contribution in [2.75, 3.05) is 7.11 Å². The molecule has 2 aromatic rings. The van der Waals surface area contributed by atoms with Crippen molar-refractivity contribution in [1.82, 2.24) is 20.2 Å². The highest BCUT2D eigenvalue weighted by atomic mass is 16.5. The van der Waals surface area contributed by atoms with Crippen LogP contribution >= 0.6 is 0 Å². The topological polar surface area (TPSA) is 83.0 Å². The number of rotatable bonds is 5. The molecule has 0 saturated heterocycles. The van der Waals surface area contributed by atoms with Gasteiger partial charge in [0.2, 0.25) is 0 Å². The lowest BCUT2D eigenvalue weighted by Crippen LogP contribution is -2.00. The van der Waals surface area contributed by atoms with Gasteiger partial charge in [-0.2, -0.15) is 0 Å². The van der Waals surface area contributed by atoms with E-state index in [1.54, 1.807) is 13.2 Å². The van der Waals surface area contributed by atoms with Gasteiger partial charge < -0.3 is 9.26 Å². The molecule has 0 bridgehead atoms. The van der Waals surface area contributed by atoms with Crippen LogP contribution in [0.4, 0.5) is 0 Å². The van der Waals surface area contributed by atoms with Gasteiger partial charge in [-0.3, -0.25) is 4.79 Å². The van der Waals surface area contributed by atoms with Crippen molar-refractivity contribution in [3.05, 3.63) is 29.4 Å². The molecule has 0 unspecified atom stereocenters. The van der Waals surface area contributed by atoms with Crippen LogP contribution in [0.25, 0.3) is 0 Å². The van der Waals surface area contributed by atoms with E-state index >= 15 is 0 Å². The zero-order valence-corrected chi connectivity index (χ0v) is 8.66. The lowest BCUT2D eigenvalue weighted by atomic mass is 10.3. The van der Waals surface area contributed by atoms with Crippen LogP contribution in [0.1, 0.15) is 21.9 Å². The highest BCUT2D eigenvalue weighted by Crippen LogP contribution is 2.06. The maximum absolute atomic E-state index is 10.4. The molecule has 2 heterocycles. The molecule has 0 aliphatic rings. The monoisotopic (exact) mass is 222 g/mol. The Balaban J connectivity index is 2.05. The van der Waals surface area contributed by atoms with E-state index in [0.717, 1.165) is 0 Å². The Bertz CT molecular complexity index is 477. The third kappa shape index (κ3) is 2.31. The van der Waals surface area contributed by atoms with Gasteiger partial charge in [-0.25, -0.2) is 4.68 Å². The van der Waals surface area contributed by atoms with Crippen LogP contribution in [-0.2, 0) is 17.9 Å². The smallest absolute Gasteiger partial charge is 0.171 e. The Morgan fingerprint density at radius 3 is 3.19 bits per heavy atom. The summed E-state index contributed by atoms with van der Waals surface area (Å²) in [4.78, 5) is 10.4. The second-order valence-corrected chi connectivity index (χ2v) is 3.18. The van der Waals surface area contributed by atoms with Gasteiger partial charge in [0.15, 0.2) is 12.0 Å². The molecular formula is C9H10N4O3. The summed E-state index contributed by atoms with van der Waals surface area (Å²) in [5.74, 6) is 0.647. The number of nitrogens with zero attached hydrogens (tertiary/aromatic N) is 4. The Morgan fingerprint density at radius 1 is 1.62 bits per heavy atom. The summed E-state index contributed by atoms with van der Waals surface area (Å²) >= 11 is 0. The molecule has 0 spiro atoms. The van der Waals surface area contributed by atoms with Gasteiger partial charge in [0, 0.05) is 13.2 Å². The largest absolute Gasteiger partial charge is 0.377 e. The molecular weight excluding hydrogens is 212 g/mol. The van der Waals surface area contributed by atoms with Crippen LogP contribution < -0.4 is 0 Å². The predicted molar refractivity (Wildman–Crippen MR) is 51.7 cm³/mol. The molecule has 0 radical (unpaired) electrons. The number of carbonyl (C=O) groups is 1. The average Bonchev–Trinajstić information content (AvgIpc) is 2.89. The Labute approximate surface area is 91.0 Å². The maximum atomic E-state index is 10.4. The van der Waals surface area contributed by atoms with Crippen LogP contribution in [0.3, 0.4) is 0 Å². The van der Waals surface area contributed by atoms with Gasteiger partial charge in [-0.05, 0) is 0 Å². The molecule has 2 rings (SSSR count). The van der Waals surface area contributed by atoms with Gasteiger partial charge in [-0.1, -0.05) is 10.4 Å². The second-order valence-electron chi connectivity index (χ2n) is 3.18. The number of aldehydes is 1. The van der Waals surface area contributed by atoms with E-state index in [0.29, 0.717) is 36.6 Å². The van der Waals surface area contributed by atoms with Gasteiger partial charge >= 0.3 is 0 Å². The highest BCUT2D eigenvalue weighted by Gasteiger charge is 2.06. The van der Waals surface area contributed by atoms with Crippen molar-refractivity contribution in [2.45, 2.75) is 13.2 Å². The van der Waals surface area contributed by atoms with Gasteiger partial charge in [0.1, 0.15) is 18.0 Å². The Morgan fingerprint density at radius 2 is 2.50 bits per heavy atom. The van der Waals surface area contributed by atoms with E-state index in [2.05, 4.69) is 15.5 Å². The summed E-state index contributed by atoms with van der Waals surface area (Å²) in [5, 5.41) is 11.2. The number of ether oxygens (including phenoxy) is 1. The molecule has 7 heteroatoms. The fourth-order valence-corrected chi connectivity index (χ4v) is 1.25. The van der Waals surface area contributed by atoms with E-state index in [4.69, 9.17) is 9.26 Å². The first-order valence-electron chi connectivity index (χ1n) is 4.60. The van der Waals surface area contributed by atoms with Crippen molar-refractivity contribution in [2.24, 2.45) is 0 Å².